The molecule has 31 nitrogen and oxygen atoms in total. The Morgan fingerprint density at radius 1 is 0.726 bits per heavy atom. The first kappa shape index (κ1) is 87.2. The second-order valence-corrected chi connectivity index (χ2v) is 32.6. The van der Waals surface area contributed by atoms with Crippen LogP contribution in [0, 0.1) is 17.7 Å². The number of ether oxygens (including phenoxy) is 4. The topological polar surface area (TPSA) is 380 Å². The monoisotopic (exact) mass is 1620 g/mol. The van der Waals surface area contributed by atoms with Crippen molar-refractivity contribution in [2.24, 2.45) is 11.8 Å². The number of methoxy groups -OCH3 is 1. The molecule has 5 aliphatic rings. The van der Waals surface area contributed by atoms with Gasteiger partial charge in [0.2, 0.25) is 53.2 Å². The average Bonchev–Trinajstić information content (AvgIpc) is 1.67. The van der Waals surface area contributed by atoms with Gasteiger partial charge in [-0.2, -0.15) is 0 Å². The van der Waals surface area contributed by atoms with Gasteiger partial charge >= 0.3 is 0 Å². The minimum absolute atomic E-state index is 0.0127. The van der Waals surface area contributed by atoms with E-state index >= 15 is 33.2 Å². The number of likely N-dealkylation sites (N-methyl/N-ethyl adjacent to an activating group) is 1. The second-order valence-electron chi connectivity index (χ2n) is 32.6. The molecule has 9 amide bonds. The number of nitrogens with one attached hydrogen (secondary N) is 6. The van der Waals surface area contributed by atoms with Crippen LogP contribution in [0.25, 0.3) is 10.9 Å². The van der Waals surface area contributed by atoms with E-state index in [1.54, 1.807) is 82.0 Å². The molecule has 11 rings (SSSR count). The fourth-order valence-electron chi connectivity index (χ4n) is 15.9. The maximum Gasteiger partial charge on any atom is 0.246 e. The maximum absolute atomic E-state index is 16.3. The van der Waals surface area contributed by atoms with Gasteiger partial charge in [-0.1, -0.05) is 72.8 Å². The van der Waals surface area contributed by atoms with Crippen molar-refractivity contribution in [2.45, 2.75) is 185 Å². The van der Waals surface area contributed by atoms with Gasteiger partial charge in [0.1, 0.15) is 66.4 Å². The van der Waals surface area contributed by atoms with E-state index in [-0.39, 0.29) is 128 Å². The minimum atomic E-state index is -1.76. The van der Waals surface area contributed by atoms with Gasteiger partial charge in [0.25, 0.3) is 0 Å². The van der Waals surface area contributed by atoms with Crippen molar-refractivity contribution in [1.29, 1.82) is 0 Å². The van der Waals surface area contributed by atoms with E-state index in [2.05, 4.69) is 42.2 Å². The van der Waals surface area contributed by atoms with Crippen LogP contribution in [0.4, 0.5) is 4.39 Å². The summed E-state index contributed by atoms with van der Waals surface area (Å²) in [7, 11) is 7.61. The lowest BCUT2D eigenvalue weighted by atomic mass is 9.86. The van der Waals surface area contributed by atoms with E-state index in [1.807, 2.05) is 45.4 Å². The molecule has 7 heterocycles. The highest BCUT2D eigenvalue weighted by Gasteiger charge is 2.49. The number of halogens is 1. The Bertz CT molecular complexity index is 4600. The van der Waals surface area contributed by atoms with Crippen LogP contribution in [0.3, 0.4) is 0 Å². The molecule has 0 aliphatic carbocycles. The highest BCUT2D eigenvalue weighted by Crippen LogP contribution is 2.36. The van der Waals surface area contributed by atoms with Crippen molar-refractivity contribution in [3.05, 3.63) is 148 Å². The first-order valence-electron chi connectivity index (χ1n) is 40.4. The Morgan fingerprint density at radius 2 is 1.46 bits per heavy atom. The Morgan fingerprint density at radius 3 is 2.22 bits per heavy atom. The number of nitrogens with zero attached hydrogens (tertiary/aromatic N) is 8. The molecule has 0 saturated carbocycles. The molecule has 117 heavy (non-hydrogen) atoms. The molecule has 628 valence electrons. The number of benzene rings is 4. The van der Waals surface area contributed by atoms with E-state index in [9.17, 15) is 33.9 Å². The second kappa shape index (κ2) is 40.0. The molecule has 10 atom stereocenters. The number of ketones is 3. The van der Waals surface area contributed by atoms with Crippen LogP contribution in [-0.2, 0) is 124 Å². The number of amides is 9. The zero-order valence-corrected chi connectivity index (χ0v) is 67.7. The predicted octanol–water partition coefficient (Wildman–Crippen LogP) is 2.92. The van der Waals surface area contributed by atoms with Gasteiger partial charge in [0.05, 0.1) is 91.7 Å². The standard InChI is InChI=1S/C85H109FN14O17/c1-53-38-64(102)21-25-76(107)95-31-32-97-51-63(93-94-97)50-96-49-61(66-45-62(86)20-24-70(66)96)43-68-84(113)98-30-26-72(117-52-75(106)87-46-58-15-9-14-57(40-58)42-67(80(109)90-68)89-81(110)69(91-79(53)108)47-88-74(105)27-34-115-36-37-116-35-33-100(4,5)6)78(98)82(111)92-77(54(2)101)71(103)44-60(41-56-18-22-65(114-7)23-19-56)83(112)99-29-11-28-85(99,3)73(104)17-10-13-55-12-8-16-59(39-55)48-95/h8-9,12,14-16,18-20,22-24,39-40,45,49,51,53-54,60,67-69,72,77-78,101H,10-11,13,17,21,25-38,41-44,46-48,50,52H2,1-7H3,(H5-,87,88,89,90,91,92,105,106,108,109,110,111)/p+1/t53-,54-,60-,67+,68+,69-,72+,77+,78+,85+/m1/s1. The van der Waals surface area contributed by atoms with Crippen LogP contribution in [0.15, 0.2) is 103 Å². The van der Waals surface area contributed by atoms with E-state index in [0.717, 1.165) is 22.6 Å². The number of aliphatic hydroxyl groups is 1. The molecule has 7 N–H and O–H groups in total. The molecule has 32 heteroatoms. The van der Waals surface area contributed by atoms with Gasteiger partial charge in [0, 0.05) is 120 Å². The summed E-state index contributed by atoms with van der Waals surface area (Å²) >= 11 is 0. The van der Waals surface area contributed by atoms with Crippen LogP contribution in [0.1, 0.15) is 124 Å². The van der Waals surface area contributed by atoms with Crippen molar-refractivity contribution in [3.8, 4) is 5.75 Å². The quantitative estimate of drug-likeness (QED) is 0.0574. The molecular formula is C85H110FN14O17+. The SMILES string of the molecule is COc1ccc(C[C@@H]2CC(=O)[C@H]([C@@H](C)O)NC(=O)[C@@H]3[C@@H]4CCN3C(=O)[C@@H]3Cc5cn(c6ccc(F)cc56)Cc5cn(nn5)CCN(Cc5cccc(c5)CCCC(=O)[C@]5(C)CCCN5C2=O)C(=O)CCC(=O)C[C@@H](C)C(=O)N[C@H](CNC(=O)CCOCCOCC[N+](C)(C)C)C(=O)N[C@@H](Cc2cccc(c2)CNC(=O)CO4)C(=O)N3)cc1. The van der Waals surface area contributed by atoms with E-state index in [0.29, 0.717) is 76.0 Å². The lowest BCUT2D eigenvalue weighted by molar-refractivity contribution is -0.870. The number of quaternary nitrogens is 1. The van der Waals surface area contributed by atoms with Crippen LogP contribution < -0.4 is 36.6 Å². The van der Waals surface area contributed by atoms with E-state index < -0.39 is 156 Å². The number of aliphatic hydroxyl groups excluding tert-OH is 1. The molecule has 14 bridgehead atoms. The number of carbonyl (C=O) groups is 12. The van der Waals surface area contributed by atoms with Crippen molar-refractivity contribution in [3.63, 3.8) is 0 Å². The Hall–Kier alpha value is -10.7. The summed E-state index contributed by atoms with van der Waals surface area (Å²) in [5, 5.41) is 37.6. The van der Waals surface area contributed by atoms with Gasteiger partial charge < -0.3 is 79.7 Å². The number of rotatable bonds is 15. The number of carbonyl (C=O) groups excluding carboxylic acids is 12. The minimum Gasteiger partial charge on any atom is -0.497 e. The normalized spacial score (nSPS) is 24.2. The molecule has 2 aromatic heterocycles. The largest absolute Gasteiger partial charge is 0.497 e. The summed E-state index contributed by atoms with van der Waals surface area (Å²) in [6, 6.07) is 16.7. The van der Waals surface area contributed by atoms with Crippen molar-refractivity contribution < 1.29 is 90.5 Å². The summed E-state index contributed by atoms with van der Waals surface area (Å²) in [6.07, 6.45) is -0.510. The summed E-state index contributed by atoms with van der Waals surface area (Å²) in [6.45, 7) is 5.03. The number of aromatic nitrogens is 4. The first-order chi connectivity index (χ1) is 56.0. The highest BCUT2D eigenvalue weighted by atomic mass is 19.1. The van der Waals surface area contributed by atoms with E-state index in [4.69, 9.17) is 18.9 Å². The molecule has 0 radical (unpaired) electrons. The van der Waals surface area contributed by atoms with Gasteiger partial charge in [-0.15, -0.1) is 5.10 Å². The Kier molecular flexibility index (Phi) is 29.8. The maximum atomic E-state index is 16.3. The number of hydrogen-bond acceptors (Lipinski definition) is 19. The molecule has 6 aromatic rings. The summed E-state index contributed by atoms with van der Waals surface area (Å²) in [4.78, 5) is 184. The lowest BCUT2D eigenvalue weighted by Crippen LogP contribution is -2.62. The Labute approximate surface area is 679 Å². The van der Waals surface area contributed by atoms with Crippen molar-refractivity contribution in [2.75, 3.05) is 94.0 Å². The third-order valence-electron chi connectivity index (χ3n) is 22.5. The summed E-state index contributed by atoms with van der Waals surface area (Å²) < 4.78 is 43.1. The van der Waals surface area contributed by atoms with Gasteiger partial charge in [-0.25, -0.2) is 4.39 Å². The fraction of sp³-hybridized carbons (Fsp3) is 0.529. The summed E-state index contributed by atoms with van der Waals surface area (Å²) in [5.41, 5.74) is 3.05. The number of aryl methyl sites for hydroxylation is 1. The number of fused-ring (bicyclic) bond motifs is 10. The van der Waals surface area contributed by atoms with Crippen LogP contribution in [0.2, 0.25) is 0 Å². The molecule has 2 fully saturated rings. The smallest absolute Gasteiger partial charge is 0.246 e. The zero-order valence-electron chi connectivity index (χ0n) is 67.7. The average molecular weight is 1620 g/mol. The van der Waals surface area contributed by atoms with Crippen LogP contribution >= 0.6 is 0 Å². The van der Waals surface area contributed by atoms with Crippen molar-refractivity contribution >= 4 is 81.4 Å². The lowest BCUT2D eigenvalue weighted by Gasteiger charge is -2.37. The third-order valence-corrected chi connectivity index (χ3v) is 22.5. The molecule has 0 unspecified atom stereocenters. The van der Waals surface area contributed by atoms with Crippen LogP contribution in [0.5, 0.6) is 5.75 Å². The van der Waals surface area contributed by atoms with Gasteiger partial charge in [0.15, 0.2) is 11.6 Å². The van der Waals surface area contributed by atoms with E-state index in [1.165, 1.54) is 44.1 Å². The molecular weight excluding hydrogens is 1510 g/mol. The number of hydrogen-bond donors (Lipinski definition) is 7. The summed E-state index contributed by atoms with van der Waals surface area (Å²) in [5.74, 6) is -10.8. The molecule has 5 aliphatic heterocycles. The highest BCUT2D eigenvalue weighted by molar-refractivity contribution is 6.00. The third kappa shape index (κ3) is 23.6. The predicted molar refractivity (Wildman–Crippen MR) is 425 cm³/mol. The first-order valence-corrected chi connectivity index (χ1v) is 40.4. The Balaban J connectivity index is 1.02. The van der Waals surface area contributed by atoms with Gasteiger partial charge in [-0.3, -0.25) is 62.2 Å². The van der Waals surface area contributed by atoms with Crippen LogP contribution in [-0.4, -0.2) is 256 Å². The molecule has 2 saturated heterocycles. The fourth-order valence-corrected chi connectivity index (χ4v) is 15.9. The van der Waals surface area contributed by atoms with Crippen molar-refractivity contribution in [1.82, 2.24) is 66.2 Å². The molecule has 4 aromatic carbocycles. The molecule has 0 spiro atoms. The number of Topliss-reactive ketones (excluding diaryl/α,β-unsaturated/α-hetero) is 3. The zero-order chi connectivity index (χ0) is 83.7. The van der Waals surface area contributed by atoms with Gasteiger partial charge in [-0.05, 0) is 116 Å².